The molecule has 0 aliphatic carbocycles. The first kappa shape index (κ1) is 15.6. The number of amides is 1. The number of aromatic nitrogens is 2. The topological polar surface area (TPSA) is 81.2 Å². The van der Waals surface area contributed by atoms with E-state index in [0.717, 1.165) is 5.56 Å². The van der Waals surface area contributed by atoms with E-state index in [0.29, 0.717) is 16.7 Å². The largest absolute Gasteiger partial charge is 0.452 e. The fraction of sp³-hybridized carbons (Fsp3) is 0.111. The van der Waals surface area contributed by atoms with Crippen LogP contribution in [0.4, 0.5) is 5.69 Å². The maximum absolute atomic E-state index is 12.2. The predicted molar refractivity (Wildman–Crippen MR) is 89.6 cm³/mol. The molecule has 24 heavy (non-hydrogen) atoms. The van der Waals surface area contributed by atoms with Crippen molar-refractivity contribution < 1.29 is 14.3 Å². The van der Waals surface area contributed by atoms with Crippen molar-refractivity contribution in [2.45, 2.75) is 6.92 Å². The van der Waals surface area contributed by atoms with Crippen molar-refractivity contribution >= 4 is 28.6 Å². The van der Waals surface area contributed by atoms with Gasteiger partial charge in [-0.2, -0.15) is 0 Å². The van der Waals surface area contributed by atoms with E-state index >= 15 is 0 Å². The maximum atomic E-state index is 12.2. The number of nitrogens with one attached hydrogen (secondary N) is 1. The lowest BCUT2D eigenvalue weighted by Crippen LogP contribution is -2.21. The molecular weight excluding hydrogens is 306 g/mol. The van der Waals surface area contributed by atoms with Gasteiger partial charge < -0.3 is 10.1 Å². The van der Waals surface area contributed by atoms with Crippen LogP contribution in [0.2, 0.25) is 0 Å². The zero-order valence-electron chi connectivity index (χ0n) is 13.0. The summed E-state index contributed by atoms with van der Waals surface area (Å²) in [6.07, 6.45) is 3.05. The molecular formula is C18H15N3O3. The summed E-state index contributed by atoms with van der Waals surface area (Å²) in [7, 11) is 0. The Bertz CT molecular complexity index is 903. The highest BCUT2D eigenvalue weighted by molar-refractivity contribution is 6.02. The third kappa shape index (κ3) is 3.55. The Balaban J connectivity index is 1.65. The van der Waals surface area contributed by atoms with Crippen molar-refractivity contribution in [2.75, 3.05) is 11.9 Å². The average molecular weight is 321 g/mol. The van der Waals surface area contributed by atoms with Crippen LogP contribution in [0, 0.1) is 6.92 Å². The van der Waals surface area contributed by atoms with E-state index in [9.17, 15) is 9.59 Å². The van der Waals surface area contributed by atoms with Gasteiger partial charge in [-0.1, -0.05) is 18.2 Å². The van der Waals surface area contributed by atoms with E-state index in [-0.39, 0.29) is 12.2 Å². The SMILES string of the molecule is Cc1cccc(NC(=O)COC(=O)c2cccc3nccnc23)c1. The molecule has 1 heterocycles. The molecule has 3 rings (SSSR count). The van der Waals surface area contributed by atoms with Crippen molar-refractivity contribution in [2.24, 2.45) is 0 Å². The number of anilines is 1. The molecule has 6 nitrogen and oxygen atoms in total. The third-order valence-corrected chi connectivity index (χ3v) is 3.35. The highest BCUT2D eigenvalue weighted by Crippen LogP contribution is 2.15. The van der Waals surface area contributed by atoms with Crippen LogP contribution >= 0.6 is 0 Å². The van der Waals surface area contributed by atoms with Gasteiger partial charge in [-0.05, 0) is 36.8 Å². The minimum Gasteiger partial charge on any atom is -0.452 e. The molecule has 0 fully saturated rings. The summed E-state index contributed by atoms with van der Waals surface area (Å²) in [5.74, 6) is -1.01. The second-order valence-corrected chi connectivity index (χ2v) is 5.22. The normalized spacial score (nSPS) is 10.4. The monoisotopic (exact) mass is 321 g/mol. The zero-order valence-corrected chi connectivity index (χ0v) is 13.0. The molecule has 0 bridgehead atoms. The molecule has 3 aromatic rings. The van der Waals surface area contributed by atoms with Gasteiger partial charge in [-0.15, -0.1) is 0 Å². The van der Waals surface area contributed by atoms with Crippen LogP contribution in [0.3, 0.4) is 0 Å². The molecule has 1 amide bonds. The third-order valence-electron chi connectivity index (χ3n) is 3.35. The van der Waals surface area contributed by atoms with Gasteiger partial charge in [0, 0.05) is 18.1 Å². The van der Waals surface area contributed by atoms with Crippen molar-refractivity contribution in [3.8, 4) is 0 Å². The van der Waals surface area contributed by atoms with Crippen LogP contribution in [-0.2, 0) is 9.53 Å². The molecule has 6 heteroatoms. The standard InChI is InChI=1S/C18H15N3O3/c1-12-4-2-5-13(10-12)21-16(22)11-24-18(23)14-6-3-7-15-17(14)20-9-8-19-15/h2-10H,11H2,1H3,(H,21,22). The Kier molecular flexibility index (Phi) is 4.47. The molecule has 0 spiro atoms. The molecule has 0 unspecified atom stereocenters. The number of hydrogen-bond acceptors (Lipinski definition) is 5. The van der Waals surface area contributed by atoms with Gasteiger partial charge in [-0.3, -0.25) is 14.8 Å². The number of benzene rings is 2. The first-order valence-electron chi connectivity index (χ1n) is 7.37. The molecule has 1 N–H and O–H groups in total. The van der Waals surface area contributed by atoms with Gasteiger partial charge in [0.05, 0.1) is 11.1 Å². The van der Waals surface area contributed by atoms with Crippen LogP contribution in [0.1, 0.15) is 15.9 Å². The quantitative estimate of drug-likeness (QED) is 0.747. The summed E-state index contributed by atoms with van der Waals surface area (Å²) in [6, 6.07) is 12.4. The molecule has 0 radical (unpaired) electrons. The van der Waals surface area contributed by atoms with E-state index in [4.69, 9.17) is 4.74 Å². The summed E-state index contributed by atoms with van der Waals surface area (Å²) < 4.78 is 5.08. The van der Waals surface area contributed by atoms with Crippen LogP contribution in [-0.4, -0.2) is 28.5 Å². The highest BCUT2D eigenvalue weighted by Gasteiger charge is 2.14. The summed E-state index contributed by atoms with van der Waals surface area (Å²) in [5.41, 5.74) is 3.01. The average Bonchev–Trinajstić information content (AvgIpc) is 2.59. The summed E-state index contributed by atoms with van der Waals surface area (Å²) in [4.78, 5) is 32.4. The van der Waals surface area contributed by atoms with Gasteiger partial charge in [0.1, 0.15) is 5.52 Å². The number of ether oxygens (including phenoxy) is 1. The molecule has 0 aliphatic heterocycles. The first-order valence-corrected chi connectivity index (χ1v) is 7.37. The number of aryl methyl sites for hydroxylation is 1. The van der Waals surface area contributed by atoms with E-state index in [1.54, 1.807) is 30.5 Å². The Morgan fingerprint density at radius 1 is 1.08 bits per heavy atom. The lowest BCUT2D eigenvalue weighted by atomic mass is 10.2. The number of carbonyl (C=O) groups is 2. The second kappa shape index (κ2) is 6.87. The Morgan fingerprint density at radius 2 is 1.88 bits per heavy atom. The van der Waals surface area contributed by atoms with Gasteiger partial charge in [-0.25, -0.2) is 4.79 Å². The van der Waals surface area contributed by atoms with Crippen molar-refractivity contribution in [3.63, 3.8) is 0 Å². The number of nitrogens with zero attached hydrogens (tertiary/aromatic N) is 2. The fourth-order valence-electron chi connectivity index (χ4n) is 2.29. The van der Waals surface area contributed by atoms with Gasteiger partial charge in [0.15, 0.2) is 6.61 Å². The number of rotatable bonds is 4. The number of para-hydroxylation sites is 1. The minimum atomic E-state index is -0.611. The van der Waals surface area contributed by atoms with Crippen LogP contribution < -0.4 is 5.32 Å². The molecule has 120 valence electrons. The second-order valence-electron chi connectivity index (χ2n) is 5.22. The van der Waals surface area contributed by atoms with Crippen molar-refractivity contribution in [1.29, 1.82) is 0 Å². The van der Waals surface area contributed by atoms with E-state index in [2.05, 4.69) is 15.3 Å². The van der Waals surface area contributed by atoms with Crippen molar-refractivity contribution in [3.05, 3.63) is 66.0 Å². The van der Waals surface area contributed by atoms with Gasteiger partial charge >= 0.3 is 5.97 Å². The lowest BCUT2D eigenvalue weighted by Gasteiger charge is -2.08. The van der Waals surface area contributed by atoms with Gasteiger partial charge in [0.25, 0.3) is 5.91 Å². The van der Waals surface area contributed by atoms with E-state index in [1.807, 2.05) is 25.1 Å². The van der Waals surface area contributed by atoms with E-state index < -0.39 is 11.9 Å². The molecule has 1 aromatic heterocycles. The first-order chi connectivity index (χ1) is 11.6. The Labute approximate surface area is 138 Å². The van der Waals surface area contributed by atoms with E-state index in [1.165, 1.54) is 6.20 Å². The molecule has 0 saturated carbocycles. The molecule has 2 aromatic carbocycles. The number of fused-ring (bicyclic) bond motifs is 1. The summed E-state index contributed by atoms with van der Waals surface area (Å²) in [5, 5.41) is 2.68. The zero-order chi connectivity index (χ0) is 16.9. The maximum Gasteiger partial charge on any atom is 0.340 e. The molecule has 0 aliphatic rings. The number of esters is 1. The molecule has 0 atom stereocenters. The summed E-state index contributed by atoms with van der Waals surface area (Å²) in [6.45, 7) is 1.56. The predicted octanol–water partition coefficient (Wildman–Crippen LogP) is 2.73. The van der Waals surface area contributed by atoms with Crippen molar-refractivity contribution in [1.82, 2.24) is 9.97 Å². The minimum absolute atomic E-state index is 0.281. The lowest BCUT2D eigenvalue weighted by molar-refractivity contribution is -0.119. The van der Waals surface area contributed by atoms with Crippen LogP contribution in [0.15, 0.2) is 54.9 Å². The van der Waals surface area contributed by atoms with Gasteiger partial charge in [0.2, 0.25) is 0 Å². The number of hydrogen-bond donors (Lipinski definition) is 1. The number of carbonyl (C=O) groups excluding carboxylic acids is 2. The van der Waals surface area contributed by atoms with Crippen LogP contribution in [0.5, 0.6) is 0 Å². The smallest absolute Gasteiger partial charge is 0.340 e. The highest BCUT2D eigenvalue weighted by atomic mass is 16.5. The summed E-state index contributed by atoms with van der Waals surface area (Å²) >= 11 is 0. The fourth-order valence-corrected chi connectivity index (χ4v) is 2.29. The Morgan fingerprint density at radius 3 is 2.71 bits per heavy atom. The van der Waals surface area contributed by atoms with Crippen LogP contribution in [0.25, 0.3) is 11.0 Å². The Hall–Kier alpha value is -3.28. The molecule has 0 saturated heterocycles.